The molecule has 0 saturated carbocycles. The van der Waals surface area contributed by atoms with E-state index in [9.17, 15) is 4.79 Å². The highest BCUT2D eigenvalue weighted by Crippen LogP contribution is 2.18. The quantitative estimate of drug-likeness (QED) is 0.591. The molecule has 2 rings (SSSR count). The first-order chi connectivity index (χ1) is 13.1. The number of benzene rings is 2. The van der Waals surface area contributed by atoms with E-state index in [0.717, 1.165) is 17.2 Å². The molecule has 1 unspecified atom stereocenters. The first-order valence-electron chi connectivity index (χ1n) is 9.13. The molecule has 6 heteroatoms. The maximum atomic E-state index is 12.1. The minimum atomic E-state index is -0.0457. The average Bonchev–Trinajstić information content (AvgIpc) is 2.66. The largest absolute Gasteiger partial charge is 0.497 e. The fourth-order valence-electron chi connectivity index (χ4n) is 2.54. The number of nitrogens with one attached hydrogen (secondary N) is 2. The molecule has 6 nitrogen and oxygen atoms in total. The fraction of sp³-hybridized carbons (Fsp3) is 0.381. The monoisotopic (exact) mass is 372 g/mol. The predicted octanol–water partition coefficient (Wildman–Crippen LogP) is 3.48. The molecule has 0 heterocycles. The normalized spacial score (nSPS) is 11.5. The average molecular weight is 372 g/mol. The number of methoxy groups -OCH3 is 1. The molecule has 2 aromatic rings. The van der Waals surface area contributed by atoms with Crippen LogP contribution in [0.2, 0.25) is 0 Å². The van der Waals surface area contributed by atoms with Crippen molar-refractivity contribution >= 4 is 11.6 Å². The maximum absolute atomic E-state index is 12.1. The highest BCUT2D eigenvalue weighted by atomic mass is 16.5. The van der Waals surface area contributed by atoms with Gasteiger partial charge in [-0.25, -0.2) is 0 Å². The van der Waals surface area contributed by atoms with Crippen molar-refractivity contribution in [3.8, 4) is 17.2 Å². The molecule has 0 spiro atoms. The molecule has 0 saturated heterocycles. The highest BCUT2D eigenvalue weighted by Gasteiger charge is 2.09. The number of anilines is 1. The fourth-order valence-corrected chi connectivity index (χ4v) is 2.54. The van der Waals surface area contributed by atoms with E-state index in [-0.39, 0.29) is 11.9 Å². The van der Waals surface area contributed by atoms with Gasteiger partial charge in [0, 0.05) is 30.8 Å². The van der Waals surface area contributed by atoms with Crippen molar-refractivity contribution in [1.82, 2.24) is 5.32 Å². The summed E-state index contributed by atoms with van der Waals surface area (Å²) in [4.78, 5) is 12.1. The third-order valence-corrected chi connectivity index (χ3v) is 3.84. The minimum absolute atomic E-state index is 0.0412. The number of carbonyl (C=O) groups is 1. The van der Waals surface area contributed by atoms with Gasteiger partial charge in [-0.1, -0.05) is 6.07 Å². The zero-order valence-corrected chi connectivity index (χ0v) is 16.2. The van der Waals surface area contributed by atoms with Crippen LogP contribution in [0.5, 0.6) is 17.2 Å². The van der Waals surface area contributed by atoms with Crippen LogP contribution in [0.25, 0.3) is 0 Å². The van der Waals surface area contributed by atoms with Crippen LogP contribution in [0.1, 0.15) is 20.3 Å². The van der Waals surface area contributed by atoms with Crippen LogP contribution in [0, 0.1) is 0 Å². The number of ether oxygens (including phenoxy) is 3. The lowest BCUT2D eigenvalue weighted by Gasteiger charge is -2.14. The van der Waals surface area contributed by atoms with E-state index in [1.54, 1.807) is 13.2 Å². The van der Waals surface area contributed by atoms with Crippen LogP contribution in [-0.4, -0.2) is 38.8 Å². The van der Waals surface area contributed by atoms with Gasteiger partial charge in [0.05, 0.1) is 13.7 Å². The van der Waals surface area contributed by atoms with Crippen LogP contribution >= 0.6 is 0 Å². The molecule has 0 aliphatic heterocycles. The topological polar surface area (TPSA) is 68.8 Å². The van der Waals surface area contributed by atoms with Crippen LogP contribution in [0.4, 0.5) is 5.69 Å². The number of hydrogen-bond donors (Lipinski definition) is 2. The van der Waals surface area contributed by atoms with E-state index < -0.39 is 0 Å². The van der Waals surface area contributed by atoms with Gasteiger partial charge in [0.1, 0.15) is 23.9 Å². The van der Waals surface area contributed by atoms with Crippen molar-refractivity contribution in [1.29, 1.82) is 0 Å². The van der Waals surface area contributed by atoms with Gasteiger partial charge in [-0.2, -0.15) is 0 Å². The molecular weight excluding hydrogens is 344 g/mol. The third kappa shape index (κ3) is 7.58. The first kappa shape index (κ1) is 20.6. The number of hydrogen-bond acceptors (Lipinski definition) is 5. The lowest BCUT2D eigenvalue weighted by molar-refractivity contribution is -0.116. The SMILES string of the molecule is CCOc1ccc(OCCNC(C)CC(=O)Nc2cccc(OC)c2)cc1. The maximum Gasteiger partial charge on any atom is 0.225 e. The number of carbonyl (C=O) groups excluding carboxylic acids is 1. The lowest BCUT2D eigenvalue weighted by atomic mass is 10.2. The van der Waals surface area contributed by atoms with Crippen LogP contribution in [0.15, 0.2) is 48.5 Å². The van der Waals surface area contributed by atoms with Crippen LogP contribution in [0.3, 0.4) is 0 Å². The standard InChI is InChI=1S/C21H28N2O4/c1-4-26-18-8-10-19(11-9-18)27-13-12-22-16(2)14-21(24)23-17-6-5-7-20(15-17)25-3/h5-11,15-16,22H,4,12-14H2,1-3H3,(H,23,24). The Morgan fingerprint density at radius 1 is 1.04 bits per heavy atom. The molecular formula is C21H28N2O4. The molecule has 2 aromatic carbocycles. The van der Waals surface area contributed by atoms with Gasteiger partial charge < -0.3 is 24.8 Å². The second-order valence-corrected chi connectivity index (χ2v) is 6.09. The molecule has 0 radical (unpaired) electrons. The lowest BCUT2D eigenvalue weighted by Crippen LogP contribution is -2.33. The van der Waals surface area contributed by atoms with Crippen molar-refractivity contribution in [2.75, 3.05) is 32.2 Å². The molecule has 27 heavy (non-hydrogen) atoms. The zero-order valence-electron chi connectivity index (χ0n) is 16.2. The summed E-state index contributed by atoms with van der Waals surface area (Å²) in [5.74, 6) is 2.29. The second kappa shape index (κ2) is 11.1. The summed E-state index contributed by atoms with van der Waals surface area (Å²) in [6.07, 6.45) is 0.375. The molecule has 2 N–H and O–H groups in total. The highest BCUT2D eigenvalue weighted by molar-refractivity contribution is 5.91. The number of rotatable bonds is 11. The van der Waals surface area contributed by atoms with Gasteiger partial charge in [0.15, 0.2) is 0 Å². The van der Waals surface area contributed by atoms with Gasteiger partial charge >= 0.3 is 0 Å². The zero-order chi connectivity index (χ0) is 19.5. The molecule has 146 valence electrons. The molecule has 0 aliphatic rings. The molecule has 0 aliphatic carbocycles. The van der Waals surface area contributed by atoms with Crippen molar-refractivity contribution in [3.63, 3.8) is 0 Å². The Kier molecular flexibility index (Phi) is 8.45. The summed E-state index contributed by atoms with van der Waals surface area (Å²) in [7, 11) is 1.60. The number of amides is 1. The van der Waals surface area contributed by atoms with Crippen molar-refractivity contribution in [2.24, 2.45) is 0 Å². The Bertz CT molecular complexity index is 704. The molecule has 0 fully saturated rings. The summed E-state index contributed by atoms with van der Waals surface area (Å²) in [5.41, 5.74) is 0.727. The van der Waals surface area contributed by atoms with Gasteiger partial charge in [0.2, 0.25) is 5.91 Å². The summed E-state index contributed by atoms with van der Waals surface area (Å²) in [6.45, 7) is 5.75. The van der Waals surface area contributed by atoms with Crippen molar-refractivity contribution in [2.45, 2.75) is 26.3 Å². The Morgan fingerprint density at radius 3 is 2.41 bits per heavy atom. The minimum Gasteiger partial charge on any atom is -0.497 e. The summed E-state index contributed by atoms with van der Waals surface area (Å²) < 4.78 is 16.2. The van der Waals surface area contributed by atoms with E-state index in [1.165, 1.54) is 0 Å². The van der Waals surface area contributed by atoms with Gasteiger partial charge in [-0.3, -0.25) is 4.79 Å². The van der Waals surface area contributed by atoms with E-state index in [2.05, 4.69) is 10.6 Å². The summed E-state index contributed by atoms with van der Waals surface area (Å²) in [5, 5.41) is 6.17. The molecule has 0 aromatic heterocycles. The van der Waals surface area contributed by atoms with E-state index in [1.807, 2.05) is 56.3 Å². The predicted molar refractivity (Wildman–Crippen MR) is 107 cm³/mol. The van der Waals surface area contributed by atoms with Crippen molar-refractivity contribution in [3.05, 3.63) is 48.5 Å². The van der Waals surface area contributed by atoms with Crippen LogP contribution in [-0.2, 0) is 4.79 Å². The Balaban J connectivity index is 1.65. The van der Waals surface area contributed by atoms with Crippen LogP contribution < -0.4 is 24.8 Å². The van der Waals surface area contributed by atoms with E-state index in [4.69, 9.17) is 14.2 Å². The Hall–Kier alpha value is -2.73. The molecule has 1 amide bonds. The van der Waals surface area contributed by atoms with E-state index >= 15 is 0 Å². The van der Waals surface area contributed by atoms with Gasteiger partial charge in [0.25, 0.3) is 0 Å². The molecule has 1 atom stereocenters. The van der Waals surface area contributed by atoms with Gasteiger partial charge in [-0.15, -0.1) is 0 Å². The summed E-state index contributed by atoms with van der Waals surface area (Å²) in [6, 6.07) is 14.9. The van der Waals surface area contributed by atoms with Gasteiger partial charge in [-0.05, 0) is 50.2 Å². The van der Waals surface area contributed by atoms with E-state index in [0.29, 0.717) is 31.9 Å². The van der Waals surface area contributed by atoms with Crippen molar-refractivity contribution < 1.29 is 19.0 Å². The summed E-state index contributed by atoms with van der Waals surface area (Å²) >= 11 is 0. The Morgan fingerprint density at radius 2 is 1.74 bits per heavy atom. The first-order valence-corrected chi connectivity index (χ1v) is 9.13. The third-order valence-electron chi connectivity index (χ3n) is 3.84. The molecule has 0 bridgehead atoms. The smallest absolute Gasteiger partial charge is 0.225 e. The second-order valence-electron chi connectivity index (χ2n) is 6.09. The Labute approximate surface area is 160 Å².